The minimum Gasteiger partial charge on any atom is -0.455 e. The number of anilines is 1. The van der Waals surface area contributed by atoms with E-state index in [0.29, 0.717) is 10.9 Å². The molecule has 4 heteroatoms. The molecular formula is C13H16BrNO2. The molecular weight excluding hydrogens is 282 g/mol. The van der Waals surface area contributed by atoms with Gasteiger partial charge in [0.15, 0.2) is 0 Å². The fourth-order valence-electron chi connectivity index (χ4n) is 1.77. The number of esters is 1. The van der Waals surface area contributed by atoms with E-state index in [-0.39, 0.29) is 5.97 Å². The average molecular weight is 298 g/mol. The minimum absolute atomic E-state index is 0.260. The van der Waals surface area contributed by atoms with Crippen molar-refractivity contribution in [3.8, 4) is 0 Å². The zero-order valence-electron chi connectivity index (χ0n) is 10.0. The van der Waals surface area contributed by atoms with Crippen molar-refractivity contribution in [2.24, 2.45) is 0 Å². The number of benzene rings is 1. The Bertz CT molecular complexity index is 443. The Labute approximate surface area is 110 Å². The highest BCUT2D eigenvalue weighted by Crippen LogP contribution is 2.24. The second-order valence-electron chi connectivity index (χ2n) is 4.83. The second kappa shape index (κ2) is 4.69. The molecule has 0 saturated heterocycles. The topological polar surface area (TPSA) is 38.3 Å². The van der Waals surface area contributed by atoms with Crippen LogP contribution in [0.1, 0.15) is 29.8 Å². The Morgan fingerprint density at radius 1 is 1.53 bits per heavy atom. The largest absolute Gasteiger partial charge is 0.455 e. The summed E-state index contributed by atoms with van der Waals surface area (Å²) < 4.78 is 5.43. The summed E-state index contributed by atoms with van der Waals surface area (Å²) >= 11 is 3.33. The molecule has 2 rings (SSSR count). The molecule has 1 aliphatic heterocycles. The summed E-state index contributed by atoms with van der Waals surface area (Å²) in [5.41, 5.74) is 2.47. The van der Waals surface area contributed by atoms with Crippen LogP contribution < -0.4 is 5.32 Å². The number of hydrogen-bond acceptors (Lipinski definition) is 3. The van der Waals surface area contributed by atoms with Crippen LogP contribution in [0.15, 0.2) is 18.2 Å². The van der Waals surface area contributed by atoms with Gasteiger partial charge in [0.2, 0.25) is 0 Å². The third-order valence-corrected chi connectivity index (χ3v) is 4.09. The Morgan fingerprint density at radius 3 is 3.00 bits per heavy atom. The molecule has 0 atom stereocenters. The number of carbonyl (C=O) groups is 1. The number of ether oxygens (including phenoxy) is 1. The van der Waals surface area contributed by atoms with Gasteiger partial charge in [-0.2, -0.15) is 0 Å². The van der Waals surface area contributed by atoms with Gasteiger partial charge in [0, 0.05) is 17.6 Å². The van der Waals surface area contributed by atoms with Crippen LogP contribution in [0.5, 0.6) is 0 Å². The van der Waals surface area contributed by atoms with E-state index < -0.39 is 5.60 Å². The number of rotatable bonds is 3. The molecule has 92 valence electrons. The van der Waals surface area contributed by atoms with Crippen molar-refractivity contribution in [1.29, 1.82) is 0 Å². The lowest BCUT2D eigenvalue weighted by Gasteiger charge is -2.22. The quantitative estimate of drug-likeness (QED) is 0.688. The van der Waals surface area contributed by atoms with Crippen LogP contribution in [0.3, 0.4) is 0 Å². The predicted octanol–water partition coefficient (Wildman–Crippen LogP) is 2.98. The van der Waals surface area contributed by atoms with Gasteiger partial charge >= 0.3 is 5.97 Å². The number of fused-ring (bicyclic) bond motifs is 1. The molecule has 0 amide bonds. The van der Waals surface area contributed by atoms with Gasteiger partial charge in [0.05, 0.1) is 5.56 Å². The first-order chi connectivity index (χ1) is 8.02. The first kappa shape index (κ1) is 12.4. The van der Waals surface area contributed by atoms with Crippen LogP contribution >= 0.6 is 15.9 Å². The second-order valence-corrected chi connectivity index (χ2v) is 5.39. The van der Waals surface area contributed by atoms with Crippen LogP contribution in [0.2, 0.25) is 0 Å². The first-order valence-corrected chi connectivity index (χ1v) is 6.80. The number of alkyl halides is 1. The van der Waals surface area contributed by atoms with Crippen molar-refractivity contribution in [1.82, 2.24) is 0 Å². The van der Waals surface area contributed by atoms with Gasteiger partial charge in [-0.1, -0.05) is 15.9 Å². The summed E-state index contributed by atoms with van der Waals surface area (Å²) in [6.07, 6.45) is 0.971. The van der Waals surface area contributed by atoms with Crippen molar-refractivity contribution >= 4 is 27.6 Å². The fourth-order valence-corrected chi connectivity index (χ4v) is 1.88. The molecule has 0 radical (unpaired) electrons. The normalized spacial score (nSPS) is 14.1. The summed E-state index contributed by atoms with van der Waals surface area (Å²) in [4.78, 5) is 12.0. The maximum atomic E-state index is 12.0. The van der Waals surface area contributed by atoms with Crippen LogP contribution in [-0.2, 0) is 11.2 Å². The molecule has 3 nitrogen and oxygen atoms in total. The highest BCUT2D eigenvalue weighted by molar-refractivity contribution is 9.09. The molecule has 1 heterocycles. The van der Waals surface area contributed by atoms with Gasteiger partial charge in [-0.3, -0.25) is 0 Å². The van der Waals surface area contributed by atoms with Crippen molar-refractivity contribution < 1.29 is 9.53 Å². The Kier molecular flexibility index (Phi) is 3.43. The third-order valence-electron chi connectivity index (χ3n) is 2.74. The van der Waals surface area contributed by atoms with E-state index in [2.05, 4.69) is 21.2 Å². The van der Waals surface area contributed by atoms with Crippen LogP contribution in [0, 0.1) is 0 Å². The molecule has 0 aromatic heterocycles. The van der Waals surface area contributed by atoms with Gasteiger partial charge in [-0.15, -0.1) is 0 Å². The Hall–Kier alpha value is -1.03. The molecule has 17 heavy (non-hydrogen) atoms. The molecule has 0 bridgehead atoms. The zero-order valence-corrected chi connectivity index (χ0v) is 11.6. The molecule has 0 fully saturated rings. The highest BCUT2D eigenvalue weighted by Gasteiger charge is 2.23. The van der Waals surface area contributed by atoms with E-state index in [9.17, 15) is 4.79 Å². The minimum atomic E-state index is -0.478. The number of hydrogen-bond donors (Lipinski definition) is 1. The van der Waals surface area contributed by atoms with E-state index in [1.807, 2.05) is 32.0 Å². The van der Waals surface area contributed by atoms with Gasteiger partial charge in [-0.05, 0) is 44.0 Å². The van der Waals surface area contributed by atoms with Crippen molar-refractivity contribution in [2.45, 2.75) is 25.9 Å². The molecule has 0 aliphatic carbocycles. The third kappa shape index (κ3) is 2.80. The van der Waals surface area contributed by atoms with Gasteiger partial charge < -0.3 is 10.1 Å². The predicted molar refractivity (Wildman–Crippen MR) is 71.9 cm³/mol. The summed E-state index contributed by atoms with van der Waals surface area (Å²) in [6, 6.07) is 5.67. The lowest BCUT2D eigenvalue weighted by atomic mass is 10.1. The molecule has 1 aromatic rings. The monoisotopic (exact) mass is 297 g/mol. The van der Waals surface area contributed by atoms with E-state index in [4.69, 9.17) is 4.74 Å². The molecule has 0 unspecified atom stereocenters. The van der Waals surface area contributed by atoms with Gasteiger partial charge in [0.25, 0.3) is 0 Å². The lowest BCUT2D eigenvalue weighted by Crippen LogP contribution is -2.29. The molecule has 1 aliphatic rings. The number of carbonyl (C=O) groups excluding carboxylic acids is 1. The highest BCUT2D eigenvalue weighted by atomic mass is 79.9. The van der Waals surface area contributed by atoms with Crippen LogP contribution in [0.4, 0.5) is 5.69 Å². The van der Waals surface area contributed by atoms with Gasteiger partial charge in [0.1, 0.15) is 5.60 Å². The Balaban J connectivity index is 2.15. The Morgan fingerprint density at radius 2 is 2.29 bits per heavy atom. The van der Waals surface area contributed by atoms with Crippen molar-refractivity contribution in [3.05, 3.63) is 29.3 Å². The number of nitrogens with one attached hydrogen (secondary N) is 1. The van der Waals surface area contributed by atoms with E-state index in [1.165, 1.54) is 5.56 Å². The smallest absolute Gasteiger partial charge is 0.338 e. The molecule has 0 saturated carbocycles. The maximum absolute atomic E-state index is 12.0. The molecule has 1 N–H and O–H groups in total. The lowest BCUT2D eigenvalue weighted by molar-refractivity contribution is 0.00924. The summed E-state index contributed by atoms with van der Waals surface area (Å²) in [5.74, 6) is -0.260. The summed E-state index contributed by atoms with van der Waals surface area (Å²) in [5, 5.41) is 3.89. The summed E-state index contributed by atoms with van der Waals surface area (Å²) in [6.45, 7) is 4.71. The van der Waals surface area contributed by atoms with Crippen LogP contribution in [-0.4, -0.2) is 23.4 Å². The molecule has 1 aromatic carbocycles. The van der Waals surface area contributed by atoms with Crippen molar-refractivity contribution in [2.75, 3.05) is 17.2 Å². The van der Waals surface area contributed by atoms with Crippen molar-refractivity contribution in [3.63, 3.8) is 0 Å². The van der Waals surface area contributed by atoms with Crippen LogP contribution in [0.25, 0.3) is 0 Å². The zero-order chi connectivity index (χ0) is 12.5. The maximum Gasteiger partial charge on any atom is 0.338 e. The SMILES string of the molecule is CC(C)(CBr)OC(=O)c1ccc2c(c1)CCN2. The fraction of sp³-hybridized carbons (Fsp3) is 0.462. The average Bonchev–Trinajstić information content (AvgIpc) is 2.75. The first-order valence-electron chi connectivity index (χ1n) is 5.68. The van der Waals surface area contributed by atoms with Gasteiger partial charge in [-0.25, -0.2) is 4.79 Å². The standard InChI is InChI=1S/C13H16BrNO2/c1-13(2,8-14)17-12(16)10-3-4-11-9(7-10)5-6-15-11/h3-4,7,15H,5-6,8H2,1-2H3. The van der Waals surface area contributed by atoms with E-state index in [0.717, 1.165) is 18.7 Å². The summed E-state index contributed by atoms with van der Waals surface area (Å²) in [7, 11) is 0. The number of halogens is 1. The van der Waals surface area contributed by atoms with E-state index in [1.54, 1.807) is 0 Å². The molecule has 0 spiro atoms. The van der Waals surface area contributed by atoms with E-state index >= 15 is 0 Å².